The minimum Gasteiger partial charge on any atom is -0.454 e. The Morgan fingerprint density at radius 1 is 0.373 bits per heavy atom. The summed E-state index contributed by atoms with van der Waals surface area (Å²) in [5, 5.41) is 4.26. The van der Waals surface area contributed by atoms with E-state index in [0.29, 0.717) is 0 Å². The quantitative estimate of drug-likeness (QED) is 0.178. The summed E-state index contributed by atoms with van der Waals surface area (Å²) in [6.07, 6.45) is 3.66. The first kappa shape index (κ1) is 29.0. The van der Waals surface area contributed by atoms with Crippen molar-refractivity contribution in [1.29, 1.82) is 0 Å². The van der Waals surface area contributed by atoms with Gasteiger partial charge in [-0.2, -0.15) is 0 Å². The molecule has 10 aromatic rings. The molecule has 0 saturated carbocycles. The lowest BCUT2D eigenvalue weighted by atomic mass is 10.0. The Balaban J connectivity index is 1.14. The number of pyridine rings is 2. The molecule has 0 aliphatic heterocycles. The van der Waals surface area contributed by atoms with Crippen molar-refractivity contribution >= 4 is 60.9 Å². The first-order valence-electron chi connectivity index (χ1n) is 17.0. The van der Waals surface area contributed by atoms with Crippen LogP contribution in [-0.4, -0.2) is 9.97 Å². The third kappa shape index (κ3) is 5.03. The van der Waals surface area contributed by atoms with Gasteiger partial charge in [-0.1, -0.05) is 109 Å². The van der Waals surface area contributed by atoms with Crippen molar-refractivity contribution < 1.29 is 8.83 Å². The largest absolute Gasteiger partial charge is 0.454 e. The Hall–Kier alpha value is -6.98. The Morgan fingerprint density at radius 3 is 1.45 bits per heavy atom. The number of para-hydroxylation sites is 3. The number of nitrogens with zero attached hydrogens (tertiary/aromatic N) is 3. The van der Waals surface area contributed by atoms with Gasteiger partial charge in [-0.15, -0.1) is 0 Å². The normalized spacial score (nSPS) is 11.5. The monoisotopic (exact) mass is 655 g/mol. The molecule has 0 bridgehead atoms. The van der Waals surface area contributed by atoms with Crippen molar-refractivity contribution in [3.05, 3.63) is 176 Å². The molecule has 10 rings (SSSR count). The molecule has 0 aliphatic carbocycles. The second-order valence-corrected chi connectivity index (χ2v) is 12.6. The van der Waals surface area contributed by atoms with Crippen molar-refractivity contribution in [3.63, 3.8) is 0 Å². The number of benzene rings is 6. The van der Waals surface area contributed by atoms with Gasteiger partial charge in [0, 0.05) is 49.6 Å². The van der Waals surface area contributed by atoms with E-state index in [0.717, 1.165) is 94.6 Å². The van der Waals surface area contributed by atoms with Gasteiger partial charge in [0.05, 0.1) is 29.5 Å². The molecule has 240 valence electrons. The molecule has 0 aliphatic rings. The molecule has 0 unspecified atom stereocenters. The molecular formula is C46H29N3O2. The van der Waals surface area contributed by atoms with Crippen LogP contribution in [0.5, 0.6) is 0 Å². The molecule has 0 spiro atoms. The Morgan fingerprint density at radius 2 is 0.863 bits per heavy atom. The van der Waals surface area contributed by atoms with Crippen molar-refractivity contribution in [3.8, 4) is 33.6 Å². The molecule has 4 aromatic heterocycles. The van der Waals surface area contributed by atoms with Gasteiger partial charge in [-0.25, -0.2) is 0 Å². The van der Waals surface area contributed by atoms with E-state index in [9.17, 15) is 0 Å². The van der Waals surface area contributed by atoms with E-state index in [1.165, 1.54) is 0 Å². The smallest absolute Gasteiger partial charge is 0.153 e. The number of anilines is 3. The van der Waals surface area contributed by atoms with Crippen LogP contribution in [0.25, 0.3) is 77.5 Å². The summed E-state index contributed by atoms with van der Waals surface area (Å²) in [5.74, 6) is 0. The number of hydrogen-bond acceptors (Lipinski definition) is 5. The van der Waals surface area contributed by atoms with E-state index in [2.05, 4.69) is 132 Å². The van der Waals surface area contributed by atoms with E-state index in [1.54, 1.807) is 0 Å². The van der Waals surface area contributed by atoms with Crippen LogP contribution in [0.2, 0.25) is 0 Å². The van der Waals surface area contributed by atoms with E-state index in [4.69, 9.17) is 18.8 Å². The van der Waals surface area contributed by atoms with Crippen molar-refractivity contribution in [2.45, 2.75) is 0 Å². The van der Waals surface area contributed by atoms with Gasteiger partial charge >= 0.3 is 0 Å². The van der Waals surface area contributed by atoms with Crippen LogP contribution in [0.15, 0.2) is 185 Å². The van der Waals surface area contributed by atoms with Crippen molar-refractivity contribution in [2.24, 2.45) is 0 Å². The van der Waals surface area contributed by atoms with Crippen LogP contribution >= 0.6 is 0 Å². The van der Waals surface area contributed by atoms with Gasteiger partial charge < -0.3 is 13.7 Å². The van der Waals surface area contributed by atoms with E-state index in [-0.39, 0.29) is 0 Å². The van der Waals surface area contributed by atoms with Gasteiger partial charge in [0.25, 0.3) is 0 Å². The highest BCUT2D eigenvalue weighted by atomic mass is 16.3. The number of fused-ring (bicyclic) bond motifs is 6. The molecule has 4 heterocycles. The minimum atomic E-state index is 0.779. The van der Waals surface area contributed by atoms with Gasteiger partial charge in [-0.05, 0) is 60.2 Å². The van der Waals surface area contributed by atoms with E-state index < -0.39 is 0 Å². The molecule has 0 N–H and O–H groups in total. The molecule has 5 heteroatoms. The lowest BCUT2D eigenvalue weighted by molar-refractivity contribution is 0.666. The van der Waals surface area contributed by atoms with Crippen LogP contribution in [0, 0.1) is 0 Å². The molecule has 5 nitrogen and oxygen atoms in total. The number of rotatable bonds is 6. The highest BCUT2D eigenvalue weighted by molar-refractivity contribution is 6.06. The predicted molar refractivity (Wildman–Crippen MR) is 208 cm³/mol. The summed E-state index contributed by atoms with van der Waals surface area (Å²) < 4.78 is 12.2. The molecule has 0 atom stereocenters. The van der Waals surface area contributed by atoms with Crippen molar-refractivity contribution in [2.75, 3.05) is 4.90 Å². The SMILES string of the molecule is c1ccc(-c2ccccc2N(c2cccc(-c3cc4c(cn3)oc3ccccc34)c2)c2cccc(-c3cc4c(cn3)oc3ccccc34)c2)cc1. The second-order valence-electron chi connectivity index (χ2n) is 12.6. The standard InChI is InChI=1S/C46H29N3O2/c1-2-12-30(13-3-1)35-18-4-7-21-42(35)49(33-16-10-14-31(24-33)40-26-38-36-19-5-8-22-43(36)50-45(38)28-47-40)34-17-11-15-32(25-34)41-27-39-37-20-6-9-23-44(37)51-46(39)29-48-41/h1-29H. The van der Waals surface area contributed by atoms with Crippen molar-refractivity contribution in [1.82, 2.24) is 9.97 Å². The van der Waals surface area contributed by atoms with Crippen LogP contribution in [0.3, 0.4) is 0 Å². The minimum absolute atomic E-state index is 0.779. The number of furan rings is 2. The molecule has 0 fully saturated rings. The summed E-state index contributed by atoms with van der Waals surface area (Å²) in [7, 11) is 0. The number of hydrogen-bond donors (Lipinski definition) is 0. The maximum atomic E-state index is 6.08. The first-order chi connectivity index (χ1) is 25.3. The third-order valence-corrected chi connectivity index (χ3v) is 9.56. The molecule has 0 radical (unpaired) electrons. The Bertz CT molecular complexity index is 2730. The lowest BCUT2D eigenvalue weighted by Gasteiger charge is -2.28. The highest BCUT2D eigenvalue weighted by Gasteiger charge is 2.19. The fraction of sp³-hybridized carbons (Fsp3) is 0. The maximum Gasteiger partial charge on any atom is 0.153 e. The van der Waals surface area contributed by atoms with Gasteiger partial charge in [0.1, 0.15) is 11.2 Å². The van der Waals surface area contributed by atoms with E-state index in [1.807, 2.05) is 48.8 Å². The molecule has 6 aromatic carbocycles. The fourth-order valence-corrected chi connectivity index (χ4v) is 7.14. The first-order valence-corrected chi connectivity index (χ1v) is 17.0. The van der Waals surface area contributed by atoms with E-state index >= 15 is 0 Å². The summed E-state index contributed by atoms with van der Waals surface area (Å²) in [4.78, 5) is 12.0. The Labute approximate surface area is 293 Å². The van der Waals surface area contributed by atoms with Gasteiger partial charge in [-0.3, -0.25) is 9.97 Å². The van der Waals surface area contributed by atoms with Gasteiger partial charge in [0.15, 0.2) is 11.2 Å². The van der Waals surface area contributed by atoms with Crippen LogP contribution in [-0.2, 0) is 0 Å². The van der Waals surface area contributed by atoms with Crippen LogP contribution < -0.4 is 4.90 Å². The third-order valence-electron chi connectivity index (χ3n) is 9.56. The molecule has 0 saturated heterocycles. The fourth-order valence-electron chi connectivity index (χ4n) is 7.14. The maximum absolute atomic E-state index is 6.08. The second kappa shape index (κ2) is 11.9. The zero-order chi connectivity index (χ0) is 33.7. The summed E-state index contributed by atoms with van der Waals surface area (Å²) in [6.45, 7) is 0. The summed E-state index contributed by atoms with van der Waals surface area (Å²) in [5.41, 5.74) is 12.4. The average molecular weight is 656 g/mol. The van der Waals surface area contributed by atoms with Crippen LogP contribution in [0.4, 0.5) is 17.1 Å². The predicted octanol–water partition coefficient (Wildman–Crippen LogP) is 12.7. The van der Waals surface area contributed by atoms with Gasteiger partial charge in [0.2, 0.25) is 0 Å². The molecule has 51 heavy (non-hydrogen) atoms. The number of aromatic nitrogens is 2. The zero-order valence-electron chi connectivity index (χ0n) is 27.4. The molecular weight excluding hydrogens is 627 g/mol. The zero-order valence-corrected chi connectivity index (χ0v) is 27.4. The average Bonchev–Trinajstić information content (AvgIpc) is 3.76. The lowest BCUT2D eigenvalue weighted by Crippen LogP contribution is -2.11. The summed E-state index contributed by atoms with van der Waals surface area (Å²) >= 11 is 0. The summed E-state index contributed by atoms with van der Waals surface area (Å²) in [6, 6.07) is 56.8. The topological polar surface area (TPSA) is 55.3 Å². The Kier molecular flexibility index (Phi) is 6.74. The molecule has 0 amide bonds. The van der Waals surface area contributed by atoms with Crippen LogP contribution in [0.1, 0.15) is 0 Å². The highest BCUT2D eigenvalue weighted by Crippen LogP contribution is 2.43.